The molecule has 0 bridgehead atoms. The molecule has 1 amide bonds. The first-order valence-electron chi connectivity index (χ1n) is 9.84. The second kappa shape index (κ2) is 8.29. The molecule has 1 unspecified atom stereocenters. The summed E-state index contributed by atoms with van der Waals surface area (Å²) in [7, 11) is 0. The summed E-state index contributed by atoms with van der Waals surface area (Å²) in [5, 5.41) is 25.3. The van der Waals surface area contributed by atoms with Crippen molar-refractivity contribution in [2.75, 3.05) is 24.6 Å². The fourth-order valence-electron chi connectivity index (χ4n) is 3.85. The zero-order chi connectivity index (χ0) is 21.1. The molecule has 1 fully saturated rings. The van der Waals surface area contributed by atoms with Gasteiger partial charge in [-0.05, 0) is 38.0 Å². The van der Waals surface area contributed by atoms with E-state index in [0.717, 1.165) is 36.3 Å². The average molecular weight is 406 g/mol. The molecule has 9 heteroatoms. The van der Waals surface area contributed by atoms with Crippen molar-refractivity contribution >= 4 is 17.4 Å². The molecule has 9 nitrogen and oxygen atoms in total. The number of fused-ring (bicyclic) bond motifs is 1. The van der Waals surface area contributed by atoms with Crippen LogP contribution in [0.15, 0.2) is 36.8 Å². The summed E-state index contributed by atoms with van der Waals surface area (Å²) in [6.07, 6.45) is 5.78. The van der Waals surface area contributed by atoms with Gasteiger partial charge in [-0.3, -0.25) is 0 Å². The van der Waals surface area contributed by atoms with Crippen LogP contribution < -0.4 is 15.0 Å². The van der Waals surface area contributed by atoms with Gasteiger partial charge in [0.2, 0.25) is 0 Å². The smallest absolute Gasteiger partial charge is 0.404 e. The first-order chi connectivity index (χ1) is 14.6. The second-order valence-electron chi connectivity index (χ2n) is 7.13. The van der Waals surface area contributed by atoms with Crippen molar-refractivity contribution in [3.63, 3.8) is 0 Å². The van der Waals surface area contributed by atoms with Crippen molar-refractivity contribution < 1.29 is 14.6 Å². The van der Waals surface area contributed by atoms with E-state index in [1.54, 1.807) is 23.1 Å². The summed E-state index contributed by atoms with van der Waals surface area (Å²) in [5.41, 5.74) is 2.85. The lowest BCUT2D eigenvalue weighted by atomic mass is 10.0. The number of carbonyl (C=O) groups is 1. The number of nitrogens with zero attached hydrogens (tertiary/aromatic N) is 5. The fraction of sp³-hybridized carbons (Fsp3) is 0.333. The maximum Gasteiger partial charge on any atom is 0.404 e. The molecular formula is C21H22N6O3. The van der Waals surface area contributed by atoms with Gasteiger partial charge in [-0.15, -0.1) is 0 Å². The molecule has 0 saturated carbocycles. The molecule has 2 N–H and O–H groups in total. The van der Waals surface area contributed by atoms with Crippen LogP contribution in [0.1, 0.15) is 25.3 Å². The molecule has 0 spiro atoms. The number of hydrogen-bond donors (Lipinski definition) is 2. The van der Waals surface area contributed by atoms with Crippen LogP contribution in [0.25, 0.3) is 16.6 Å². The fourth-order valence-corrected chi connectivity index (χ4v) is 3.85. The van der Waals surface area contributed by atoms with E-state index in [0.29, 0.717) is 30.0 Å². The number of aromatic nitrogens is 3. The number of hydrogen-bond acceptors (Lipinski definition) is 6. The van der Waals surface area contributed by atoms with E-state index in [9.17, 15) is 10.1 Å². The Labute approximate surface area is 173 Å². The molecule has 1 aliphatic rings. The molecule has 1 atom stereocenters. The summed E-state index contributed by atoms with van der Waals surface area (Å²) in [6.45, 7) is 3.85. The number of nitriles is 1. The molecule has 0 radical (unpaired) electrons. The lowest BCUT2D eigenvalue weighted by Gasteiger charge is -2.33. The zero-order valence-corrected chi connectivity index (χ0v) is 16.6. The molecule has 0 aromatic carbocycles. The Kier molecular flexibility index (Phi) is 5.39. The number of anilines is 1. The standard InChI is InChI=1S/C21H22N6O3/c1-2-30-17-8-18(20-15(9-22)11-24-27(20)13-17)14-5-6-19(23-10-14)26-7-3-4-16(12-26)25-21(28)29/h5-6,8,10-11,13,16,25H,2-4,7,12H2,1H3,(H,28,29). The highest BCUT2D eigenvalue weighted by Gasteiger charge is 2.22. The van der Waals surface area contributed by atoms with Crippen molar-refractivity contribution in [3.8, 4) is 22.9 Å². The Morgan fingerprint density at radius 1 is 1.43 bits per heavy atom. The summed E-state index contributed by atoms with van der Waals surface area (Å²) in [4.78, 5) is 17.6. The Balaban J connectivity index is 1.66. The molecule has 4 heterocycles. The van der Waals surface area contributed by atoms with Crippen molar-refractivity contribution in [1.82, 2.24) is 19.9 Å². The van der Waals surface area contributed by atoms with Gasteiger partial charge in [0.15, 0.2) is 0 Å². The van der Waals surface area contributed by atoms with Gasteiger partial charge in [0.25, 0.3) is 0 Å². The number of rotatable bonds is 5. The predicted molar refractivity (Wildman–Crippen MR) is 111 cm³/mol. The molecular weight excluding hydrogens is 384 g/mol. The first kappa shape index (κ1) is 19.5. The molecule has 0 aliphatic carbocycles. The van der Waals surface area contributed by atoms with Crippen LogP contribution in [0.3, 0.4) is 0 Å². The van der Waals surface area contributed by atoms with Crippen LogP contribution in [-0.2, 0) is 0 Å². The highest BCUT2D eigenvalue weighted by molar-refractivity contribution is 5.85. The van der Waals surface area contributed by atoms with Gasteiger partial charge in [0, 0.05) is 36.5 Å². The van der Waals surface area contributed by atoms with E-state index >= 15 is 0 Å². The number of piperidine rings is 1. The van der Waals surface area contributed by atoms with E-state index in [2.05, 4.69) is 26.4 Å². The summed E-state index contributed by atoms with van der Waals surface area (Å²) < 4.78 is 7.31. The number of nitrogens with one attached hydrogen (secondary N) is 1. The SMILES string of the molecule is CCOc1cc(-c2ccc(N3CCCC(NC(=O)O)C3)nc2)c2c(C#N)cnn2c1. The van der Waals surface area contributed by atoms with Gasteiger partial charge in [0.05, 0.1) is 30.1 Å². The molecule has 4 rings (SSSR count). The molecule has 30 heavy (non-hydrogen) atoms. The van der Waals surface area contributed by atoms with Crippen LogP contribution in [0.2, 0.25) is 0 Å². The molecule has 1 saturated heterocycles. The Morgan fingerprint density at radius 3 is 3.00 bits per heavy atom. The topological polar surface area (TPSA) is 116 Å². The summed E-state index contributed by atoms with van der Waals surface area (Å²) in [6, 6.07) is 7.85. The summed E-state index contributed by atoms with van der Waals surface area (Å²) >= 11 is 0. The van der Waals surface area contributed by atoms with Crippen molar-refractivity contribution in [2.45, 2.75) is 25.8 Å². The minimum atomic E-state index is -1.00. The van der Waals surface area contributed by atoms with Gasteiger partial charge in [-0.2, -0.15) is 10.4 Å². The van der Waals surface area contributed by atoms with Crippen molar-refractivity contribution in [3.05, 3.63) is 42.4 Å². The number of amides is 1. The summed E-state index contributed by atoms with van der Waals surface area (Å²) in [5.74, 6) is 1.46. The van der Waals surface area contributed by atoms with Gasteiger partial charge in [0.1, 0.15) is 17.6 Å². The number of carboxylic acid groups (broad SMARTS) is 1. The Bertz CT molecular complexity index is 1100. The molecule has 3 aromatic heterocycles. The van der Waals surface area contributed by atoms with E-state index in [4.69, 9.17) is 9.84 Å². The largest absolute Gasteiger partial charge is 0.492 e. The Hall–Kier alpha value is -3.80. The maximum atomic E-state index is 10.9. The van der Waals surface area contributed by atoms with Crippen LogP contribution in [0.4, 0.5) is 10.6 Å². The van der Waals surface area contributed by atoms with E-state index in [-0.39, 0.29) is 6.04 Å². The lowest BCUT2D eigenvalue weighted by Crippen LogP contribution is -2.47. The lowest BCUT2D eigenvalue weighted by molar-refractivity contribution is 0.188. The van der Waals surface area contributed by atoms with E-state index in [1.165, 1.54) is 0 Å². The van der Waals surface area contributed by atoms with Crippen LogP contribution in [-0.4, -0.2) is 51.5 Å². The third kappa shape index (κ3) is 3.85. The van der Waals surface area contributed by atoms with Crippen molar-refractivity contribution in [2.24, 2.45) is 0 Å². The number of pyridine rings is 2. The highest BCUT2D eigenvalue weighted by Crippen LogP contribution is 2.31. The highest BCUT2D eigenvalue weighted by atomic mass is 16.5. The minimum Gasteiger partial charge on any atom is -0.492 e. The second-order valence-corrected chi connectivity index (χ2v) is 7.13. The quantitative estimate of drug-likeness (QED) is 0.669. The van der Waals surface area contributed by atoms with Gasteiger partial charge >= 0.3 is 6.09 Å². The van der Waals surface area contributed by atoms with Gasteiger partial charge < -0.3 is 20.1 Å². The third-order valence-corrected chi connectivity index (χ3v) is 5.15. The zero-order valence-electron chi connectivity index (χ0n) is 16.6. The van der Waals surface area contributed by atoms with Crippen LogP contribution in [0, 0.1) is 11.3 Å². The maximum absolute atomic E-state index is 10.9. The normalized spacial score (nSPS) is 16.3. The van der Waals surface area contributed by atoms with Gasteiger partial charge in [-0.1, -0.05) is 0 Å². The third-order valence-electron chi connectivity index (χ3n) is 5.15. The number of ether oxygens (including phenoxy) is 1. The first-order valence-corrected chi connectivity index (χ1v) is 9.84. The van der Waals surface area contributed by atoms with E-state index in [1.807, 2.05) is 25.1 Å². The van der Waals surface area contributed by atoms with E-state index < -0.39 is 6.09 Å². The van der Waals surface area contributed by atoms with Crippen molar-refractivity contribution in [1.29, 1.82) is 5.26 Å². The monoisotopic (exact) mass is 406 g/mol. The average Bonchev–Trinajstić information content (AvgIpc) is 3.16. The van der Waals surface area contributed by atoms with Crippen LogP contribution >= 0.6 is 0 Å². The minimum absolute atomic E-state index is 0.106. The predicted octanol–water partition coefficient (Wildman–Crippen LogP) is 2.90. The Morgan fingerprint density at radius 2 is 2.30 bits per heavy atom. The molecule has 154 valence electrons. The van der Waals surface area contributed by atoms with Crippen LogP contribution in [0.5, 0.6) is 5.75 Å². The molecule has 1 aliphatic heterocycles. The van der Waals surface area contributed by atoms with Gasteiger partial charge in [-0.25, -0.2) is 14.3 Å². The molecule has 3 aromatic rings.